The number of carbonyl (C=O) groups is 2. The molecule has 2 N–H and O–H groups in total. The van der Waals surface area contributed by atoms with Crippen molar-refractivity contribution >= 4 is 29.3 Å². The van der Waals surface area contributed by atoms with Gasteiger partial charge in [0.05, 0.1) is 44.4 Å². The number of hydrogen-bond donors (Lipinski definition) is 2. The van der Waals surface area contributed by atoms with Crippen LogP contribution in [0.2, 0.25) is 0 Å². The van der Waals surface area contributed by atoms with E-state index in [1.54, 1.807) is 12.1 Å². The third kappa shape index (κ3) is 4.62. The number of nitrogens with zero attached hydrogens (tertiary/aromatic N) is 1. The molecule has 1 aromatic carbocycles. The number of aliphatic hydroxyl groups is 1. The number of aliphatic hydroxyl groups excluding tert-OH is 1. The van der Waals surface area contributed by atoms with Crippen molar-refractivity contribution in [3.63, 3.8) is 0 Å². The standard InChI is InChI=1S/C20H28N2O6S/c1-26-17-9-13(8-14(19(17)27-2)21-18(24)11-29-3)20(25)22-4-5-28-16-7-12(10-23)6-15(16)22/h8-9,12,15-16,23H,4-7,10-11H2,1-3H3,(H,21,24)/t12-,15+,16+/m1/s1. The molecule has 0 aromatic heterocycles. The summed E-state index contributed by atoms with van der Waals surface area (Å²) in [5.74, 6) is 0.852. The summed E-state index contributed by atoms with van der Waals surface area (Å²) in [5.41, 5.74) is 0.814. The maximum Gasteiger partial charge on any atom is 0.254 e. The molecule has 0 spiro atoms. The van der Waals surface area contributed by atoms with Gasteiger partial charge in [-0.1, -0.05) is 0 Å². The summed E-state index contributed by atoms with van der Waals surface area (Å²) >= 11 is 1.40. The Labute approximate surface area is 174 Å². The summed E-state index contributed by atoms with van der Waals surface area (Å²) in [6.45, 7) is 1.05. The van der Waals surface area contributed by atoms with E-state index in [0.717, 1.165) is 12.8 Å². The Morgan fingerprint density at radius 2 is 2.10 bits per heavy atom. The minimum absolute atomic E-state index is 0.0502. The molecule has 0 unspecified atom stereocenters. The average Bonchev–Trinajstić information content (AvgIpc) is 3.16. The van der Waals surface area contributed by atoms with Gasteiger partial charge in [0.15, 0.2) is 11.5 Å². The number of anilines is 1. The molecule has 160 valence electrons. The third-order valence-corrected chi connectivity index (χ3v) is 5.98. The Morgan fingerprint density at radius 1 is 1.31 bits per heavy atom. The summed E-state index contributed by atoms with van der Waals surface area (Å²) in [7, 11) is 2.98. The van der Waals surface area contributed by atoms with Crippen LogP contribution in [0.15, 0.2) is 12.1 Å². The van der Waals surface area contributed by atoms with E-state index in [1.807, 2.05) is 11.2 Å². The molecule has 2 aliphatic rings. The lowest BCUT2D eigenvalue weighted by Crippen LogP contribution is -2.51. The van der Waals surface area contributed by atoms with Crippen LogP contribution in [0.5, 0.6) is 11.5 Å². The van der Waals surface area contributed by atoms with Crippen molar-refractivity contribution < 1.29 is 28.9 Å². The normalized spacial score (nSPS) is 23.4. The van der Waals surface area contributed by atoms with E-state index in [1.165, 1.54) is 26.0 Å². The fourth-order valence-electron chi connectivity index (χ4n) is 4.12. The van der Waals surface area contributed by atoms with Gasteiger partial charge in [0, 0.05) is 18.7 Å². The van der Waals surface area contributed by atoms with Gasteiger partial charge in [-0.3, -0.25) is 9.59 Å². The first-order valence-corrected chi connectivity index (χ1v) is 11.0. The number of thioether (sulfide) groups is 1. The summed E-state index contributed by atoms with van der Waals surface area (Å²) in [5, 5.41) is 12.3. The van der Waals surface area contributed by atoms with E-state index in [2.05, 4.69) is 5.32 Å². The molecule has 29 heavy (non-hydrogen) atoms. The Balaban J connectivity index is 1.90. The molecular formula is C20H28N2O6S. The lowest BCUT2D eigenvalue weighted by molar-refractivity contribution is -0.113. The maximum absolute atomic E-state index is 13.4. The third-order valence-electron chi connectivity index (χ3n) is 5.43. The van der Waals surface area contributed by atoms with E-state index in [4.69, 9.17) is 14.2 Å². The number of benzene rings is 1. The predicted molar refractivity (Wildman–Crippen MR) is 111 cm³/mol. The van der Waals surface area contributed by atoms with Crippen LogP contribution >= 0.6 is 11.8 Å². The number of ether oxygens (including phenoxy) is 3. The zero-order valence-corrected chi connectivity index (χ0v) is 17.8. The molecule has 2 amide bonds. The molecule has 1 saturated carbocycles. The highest BCUT2D eigenvalue weighted by molar-refractivity contribution is 7.99. The molecule has 1 aliphatic heterocycles. The van der Waals surface area contributed by atoms with E-state index in [9.17, 15) is 14.7 Å². The van der Waals surface area contributed by atoms with Gasteiger partial charge in [0.25, 0.3) is 5.91 Å². The Hall–Kier alpha value is -1.97. The number of morpholine rings is 1. The van der Waals surface area contributed by atoms with Crippen LogP contribution < -0.4 is 14.8 Å². The van der Waals surface area contributed by atoms with Crippen molar-refractivity contribution in [1.82, 2.24) is 4.90 Å². The number of nitrogens with one attached hydrogen (secondary N) is 1. The Kier molecular flexibility index (Phi) is 7.26. The zero-order chi connectivity index (χ0) is 21.0. The van der Waals surface area contributed by atoms with Gasteiger partial charge in [0.1, 0.15) is 0 Å². The molecule has 3 atom stereocenters. The molecule has 2 fully saturated rings. The monoisotopic (exact) mass is 424 g/mol. The zero-order valence-electron chi connectivity index (χ0n) is 17.0. The van der Waals surface area contributed by atoms with Crippen molar-refractivity contribution in [2.75, 3.05) is 51.3 Å². The average molecular weight is 425 g/mol. The topological polar surface area (TPSA) is 97.3 Å². The Bertz CT molecular complexity index is 759. The Morgan fingerprint density at radius 3 is 2.76 bits per heavy atom. The summed E-state index contributed by atoms with van der Waals surface area (Å²) in [6.07, 6.45) is 3.27. The second-order valence-corrected chi connectivity index (χ2v) is 8.10. The SMILES string of the molecule is COc1cc(C(=O)N2CCO[C@H]3C[C@H](CO)C[C@@H]32)cc(NC(=O)CSC)c1OC. The quantitative estimate of drug-likeness (QED) is 0.686. The number of hydrogen-bond acceptors (Lipinski definition) is 7. The van der Waals surface area contributed by atoms with E-state index >= 15 is 0 Å². The van der Waals surface area contributed by atoms with Crippen molar-refractivity contribution in [3.8, 4) is 11.5 Å². The minimum Gasteiger partial charge on any atom is -0.493 e. The molecule has 8 nitrogen and oxygen atoms in total. The van der Waals surface area contributed by atoms with Crippen molar-refractivity contribution in [1.29, 1.82) is 0 Å². The molecule has 3 rings (SSSR count). The molecule has 1 heterocycles. The van der Waals surface area contributed by atoms with Gasteiger partial charge >= 0.3 is 0 Å². The first-order chi connectivity index (χ1) is 14.0. The molecule has 1 aromatic rings. The van der Waals surface area contributed by atoms with Crippen LogP contribution in [-0.4, -0.2) is 80.0 Å². The molecule has 0 radical (unpaired) electrons. The number of amides is 2. The molecule has 0 bridgehead atoms. The first-order valence-electron chi connectivity index (χ1n) is 9.60. The fourth-order valence-corrected chi connectivity index (χ4v) is 4.45. The van der Waals surface area contributed by atoms with Crippen LogP contribution in [0, 0.1) is 5.92 Å². The van der Waals surface area contributed by atoms with Gasteiger partial charge in [0.2, 0.25) is 5.91 Å². The first kappa shape index (κ1) is 21.7. The molecular weight excluding hydrogens is 396 g/mol. The molecule has 9 heteroatoms. The van der Waals surface area contributed by atoms with Gasteiger partial charge in [-0.05, 0) is 37.1 Å². The van der Waals surface area contributed by atoms with Crippen LogP contribution in [-0.2, 0) is 9.53 Å². The van der Waals surface area contributed by atoms with Gasteiger partial charge in [-0.15, -0.1) is 0 Å². The van der Waals surface area contributed by atoms with E-state index in [0.29, 0.717) is 41.7 Å². The number of methoxy groups -OCH3 is 2. The van der Waals surface area contributed by atoms with Crippen LogP contribution in [0.4, 0.5) is 5.69 Å². The summed E-state index contributed by atoms with van der Waals surface area (Å²) in [6, 6.07) is 3.20. The van der Waals surface area contributed by atoms with Gasteiger partial charge in [-0.2, -0.15) is 11.8 Å². The van der Waals surface area contributed by atoms with Crippen LogP contribution in [0.25, 0.3) is 0 Å². The maximum atomic E-state index is 13.4. The number of carbonyl (C=O) groups excluding carboxylic acids is 2. The summed E-state index contributed by atoms with van der Waals surface area (Å²) < 4.78 is 16.6. The van der Waals surface area contributed by atoms with Crippen LogP contribution in [0.1, 0.15) is 23.2 Å². The van der Waals surface area contributed by atoms with Crippen molar-refractivity contribution in [2.24, 2.45) is 5.92 Å². The largest absolute Gasteiger partial charge is 0.493 e. The second kappa shape index (κ2) is 9.69. The van der Waals surface area contributed by atoms with Crippen LogP contribution in [0.3, 0.4) is 0 Å². The lowest BCUT2D eigenvalue weighted by Gasteiger charge is -2.37. The predicted octanol–water partition coefficient (Wildman–Crippen LogP) is 1.62. The lowest BCUT2D eigenvalue weighted by atomic mass is 10.1. The molecule has 1 saturated heterocycles. The highest BCUT2D eigenvalue weighted by Gasteiger charge is 2.43. The number of rotatable bonds is 7. The van der Waals surface area contributed by atoms with Crippen molar-refractivity contribution in [2.45, 2.75) is 25.0 Å². The highest BCUT2D eigenvalue weighted by Crippen LogP contribution is 2.39. The number of fused-ring (bicyclic) bond motifs is 1. The highest BCUT2D eigenvalue weighted by atomic mass is 32.2. The van der Waals surface area contributed by atoms with E-state index in [-0.39, 0.29) is 36.5 Å². The summed E-state index contributed by atoms with van der Waals surface area (Å²) in [4.78, 5) is 27.3. The van der Waals surface area contributed by atoms with E-state index < -0.39 is 0 Å². The van der Waals surface area contributed by atoms with Gasteiger partial charge < -0.3 is 29.5 Å². The second-order valence-electron chi connectivity index (χ2n) is 7.24. The smallest absolute Gasteiger partial charge is 0.254 e. The van der Waals surface area contributed by atoms with Gasteiger partial charge in [-0.25, -0.2) is 0 Å². The minimum atomic E-state index is -0.185. The molecule has 1 aliphatic carbocycles. The van der Waals surface area contributed by atoms with Crippen molar-refractivity contribution in [3.05, 3.63) is 17.7 Å². The fraction of sp³-hybridized carbons (Fsp3) is 0.600.